The van der Waals surface area contributed by atoms with Crippen molar-refractivity contribution in [1.29, 1.82) is 0 Å². The van der Waals surface area contributed by atoms with E-state index in [1.54, 1.807) is 0 Å². The second-order valence-corrected chi connectivity index (χ2v) is 9.28. The van der Waals surface area contributed by atoms with Crippen LogP contribution in [0.1, 0.15) is 51.0 Å². The third kappa shape index (κ3) is 6.43. The van der Waals surface area contributed by atoms with Crippen molar-refractivity contribution in [3.63, 3.8) is 0 Å². The number of likely N-dealkylation sites (tertiary alicyclic amines) is 2. The molecule has 1 atom stereocenters. The van der Waals surface area contributed by atoms with Gasteiger partial charge in [-0.3, -0.25) is 9.69 Å². The molecule has 1 aromatic rings. The number of benzene rings is 1. The lowest BCUT2D eigenvalue weighted by atomic mass is 9.92. The minimum Gasteiger partial charge on any atom is -0.494 e. The van der Waals surface area contributed by atoms with Crippen molar-refractivity contribution in [3.8, 4) is 5.75 Å². The van der Waals surface area contributed by atoms with Crippen LogP contribution in [-0.4, -0.2) is 73.8 Å². The van der Waals surface area contributed by atoms with Crippen molar-refractivity contribution in [3.05, 3.63) is 29.8 Å². The summed E-state index contributed by atoms with van der Waals surface area (Å²) in [5.41, 5.74) is 1.33. The van der Waals surface area contributed by atoms with Crippen LogP contribution in [0.2, 0.25) is 0 Å². The first-order valence-electron chi connectivity index (χ1n) is 12.3. The Morgan fingerprint density at radius 1 is 1.13 bits per heavy atom. The number of piperidine rings is 2. The lowest BCUT2D eigenvalue weighted by Gasteiger charge is -2.41. The zero-order valence-electron chi connectivity index (χ0n) is 19.1. The highest BCUT2D eigenvalue weighted by Crippen LogP contribution is 2.25. The molecule has 1 amide bonds. The van der Waals surface area contributed by atoms with E-state index >= 15 is 0 Å². The molecular formula is C25H39N3O3. The van der Waals surface area contributed by atoms with Gasteiger partial charge in [0.2, 0.25) is 5.91 Å². The first-order chi connectivity index (χ1) is 15.2. The molecule has 3 fully saturated rings. The van der Waals surface area contributed by atoms with Crippen LogP contribution in [0, 0.1) is 5.92 Å². The standard InChI is InChI=1S/C25H39N3O3/c1-2-30-23-6-3-5-20(17-23)19-27-12-10-22(11-13-27)28-14-8-21(9-15-28)25(29)26-18-24-7-4-16-31-24/h3,5-6,17,21-22,24H,2,4,7-16,18-19H2,1H3,(H,26,29)/t24-/m0/s1. The molecule has 0 aromatic heterocycles. The molecule has 0 spiro atoms. The summed E-state index contributed by atoms with van der Waals surface area (Å²) in [5.74, 6) is 1.38. The van der Waals surface area contributed by atoms with Crippen LogP contribution in [-0.2, 0) is 16.1 Å². The Morgan fingerprint density at radius 3 is 2.65 bits per heavy atom. The third-order valence-corrected chi connectivity index (χ3v) is 7.12. The van der Waals surface area contributed by atoms with Gasteiger partial charge in [-0.1, -0.05) is 12.1 Å². The van der Waals surface area contributed by atoms with Crippen LogP contribution < -0.4 is 10.1 Å². The van der Waals surface area contributed by atoms with Crippen LogP contribution in [0.15, 0.2) is 24.3 Å². The minimum atomic E-state index is 0.176. The highest BCUT2D eigenvalue weighted by atomic mass is 16.5. The van der Waals surface area contributed by atoms with Crippen LogP contribution in [0.25, 0.3) is 0 Å². The molecule has 3 aliphatic rings. The van der Waals surface area contributed by atoms with Crippen LogP contribution in [0.5, 0.6) is 5.75 Å². The molecule has 31 heavy (non-hydrogen) atoms. The second kappa shape index (κ2) is 11.3. The Bertz CT molecular complexity index is 691. The van der Waals surface area contributed by atoms with Gasteiger partial charge >= 0.3 is 0 Å². The number of amides is 1. The van der Waals surface area contributed by atoms with Crippen molar-refractivity contribution >= 4 is 5.91 Å². The molecule has 1 aromatic carbocycles. The number of ether oxygens (including phenoxy) is 2. The fraction of sp³-hybridized carbons (Fsp3) is 0.720. The van der Waals surface area contributed by atoms with Crippen LogP contribution in [0.3, 0.4) is 0 Å². The summed E-state index contributed by atoms with van der Waals surface area (Å²) in [6.07, 6.45) is 6.86. The van der Waals surface area contributed by atoms with Crippen molar-refractivity contribution in [2.45, 2.75) is 64.1 Å². The molecule has 6 heteroatoms. The van der Waals surface area contributed by atoms with Gasteiger partial charge in [0.25, 0.3) is 0 Å². The average Bonchev–Trinajstić information content (AvgIpc) is 3.32. The fourth-order valence-corrected chi connectivity index (χ4v) is 5.29. The van der Waals surface area contributed by atoms with Crippen molar-refractivity contribution in [2.24, 2.45) is 5.92 Å². The van der Waals surface area contributed by atoms with Crippen molar-refractivity contribution < 1.29 is 14.3 Å². The fourth-order valence-electron chi connectivity index (χ4n) is 5.29. The number of rotatable bonds is 8. The van der Waals surface area contributed by atoms with Gasteiger partial charge in [0, 0.05) is 31.7 Å². The normalized spacial score (nSPS) is 24.4. The first-order valence-corrected chi connectivity index (χ1v) is 12.3. The summed E-state index contributed by atoms with van der Waals surface area (Å²) in [7, 11) is 0. The summed E-state index contributed by atoms with van der Waals surface area (Å²) in [6.45, 7) is 9.66. The molecule has 1 N–H and O–H groups in total. The highest BCUT2D eigenvalue weighted by Gasteiger charge is 2.31. The predicted molar refractivity (Wildman–Crippen MR) is 122 cm³/mol. The average molecular weight is 430 g/mol. The molecule has 3 heterocycles. The number of hydrogen-bond acceptors (Lipinski definition) is 5. The zero-order valence-corrected chi connectivity index (χ0v) is 19.1. The quantitative estimate of drug-likeness (QED) is 0.688. The van der Waals surface area contributed by atoms with Gasteiger partial charge in [0.05, 0.1) is 12.7 Å². The van der Waals surface area contributed by atoms with Gasteiger partial charge < -0.3 is 19.7 Å². The van der Waals surface area contributed by atoms with Gasteiger partial charge in [-0.15, -0.1) is 0 Å². The molecular weight excluding hydrogens is 390 g/mol. The van der Waals surface area contributed by atoms with Gasteiger partial charge in [0.15, 0.2) is 0 Å². The highest BCUT2D eigenvalue weighted by molar-refractivity contribution is 5.78. The number of carbonyl (C=O) groups is 1. The molecule has 0 radical (unpaired) electrons. The maximum atomic E-state index is 12.5. The predicted octanol–water partition coefficient (Wildman–Crippen LogP) is 3.06. The molecule has 0 aliphatic carbocycles. The number of hydrogen-bond donors (Lipinski definition) is 1. The maximum Gasteiger partial charge on any atom is 0.223 e. The van der Waals surface area contributed by atoms with Gasteiger partial charge in [-0.05, 0) is 89.3 Å². The first kappa shape index (κ1) is 22.6. The Hall–Kier alpha value is -1.63. The van der Waals surface area contributed by atoms with Crippen LogP contribution >= 0.6 is 0 Å². The molecule has 3 saturated heterocycles. The number of nitrogens with one attached hydrogen (secondary N) is 1. The molecule has 0 bridgehead atoms. The van der Waals surface area contributed by atoms with Crippen LogP contribution in [0.4, 0.5) is 0 Å². The third-order valence-electron chi connectivity index (χ3n) is 7.12. The summed E-state index contributed by atoms with van der Waals surface area (Å²) in [5, 5.41) is 3.13. The van der Waals surface area contributed by atoms with Gasteiger partial charge in [-0.2, -0.15) is 0 Å². The van der Waals surface area contributed by atoms with E-state index in [-0.39, 0.29) is 17.9 Å². The Labute approximate surface area is 187 Å². The molecule has 0 unspecified atom stereocenters. The smallest absolute Gasteiger partial charge is 0.223 e. The van der Waals surface area contributed by atoms with E-state index in [2.05, 4.69) is 33.3 Å². The SMILES string of the molecule is CCOc1cccc(CN2CCC(N3CCC(C(=O)NC[C@@H]4CCCO4)CC3)CC2)c1. The number of carbonyl (C=O) groups excluding carboxylic acids is 1. The largest absolute Gasteiger partial charge is 0.494 e. The van der Waals surface area contributed by atoms with E-state index in [1.165, 1.54) is 18.4 Å². The topological polar surface area (TPSA) is 54.0 Å². The Balaban J connectivity index is 1.15. The molecule has 0 saturated carbocycles. The van der Waals surface area contributed by atoms with Crippen molar-refractivity contribution in [1.82, 2.24) is 15.1 Å². The monoisotopic (exact) mass is 429 g/mol. The van der Waals surface area contributed by atoms with Gasteiger partial charge in [-0.25, -0.2) is 0 Å². The number of nitrogens with zero attached hydrogens (tertiary/aromatic N) is 2. The lowest BCUT2D eigenvalue weighted by molar-refractivity contribution is -0.127. The summed E-state index contributed by atoms with van der Waals surface area (Å²) >= 11 is 0. The van der Waals surface area contributed by atoms with E-state index in [9.17, 15) is 4.79 Å². The van der Waals surface area contributed by atoms with E-state index in [1.807, 2.05) is 13.0 Å². The summed E-state index contributed by atoms with van der Waals surface area (Å²) in [4.78, 5) is 17.7. The lowest BCUT2D eigenvalue weighted by Crippen LogP contribution is -2.49. The Kier molecular flexibility index (Phi) is 8.22. The minimum absolute atomic E-state index is 0.176. The van der Waals surface area contributed by atoms with E-state index in [0.717, 1.165) is 70.8 Å². The van der Waals surface area contributed by atoms with Crippen molar-refractivity contribution in [2.75, 3.05) is 45.9 Å². The molecule has 4 rings (SSSR count). The summed E-state index contributed by atoms with van der Waals surface area (Å²) in [6, 6.07) is 9.16. The van der Waals surface area contributed by atoms with E-state index < -0.39 is 0 Å². The van der Waals surface area contributed by atoms with E-state index in [0.29, 0.717) is 19.2 Å². The summed E-state index contributed by atoms with van der Waals surface area (Å²) < 4.78 is 11.3. The zero-order chi connectivity index (χ0) is 21.5. The second-order valence-electron chi connectivity index (χ2n) is 9.28. The molecule has 6 nitrogen and oxygen atoms in total. The van der Waals surface area contributed by atoms with Gasteiger partial charge in [0.1, 0.15) is 5.75 Å². The molecule has 172 valence electrons. The maximum absolute atomic E-state index is 12.5. The Morgan fingerprint density at radius 2 is 1.94 bits per heavy atom. The van der Waals surface area contributed by atoms with E-state index in [4.69, 9.17) is 9.47 Å². The molecule has 3 aliphatic heterocycles.